The van der Waals surface area contributed by atoms with E-state index in [4.69, 9.17) is 4.74 Å². The zero-order valence-electron chi connectivity index (χ0n) is 20.9. The molecule has 1 N–H and O–H groups in total. The topological polar surface area (TPSA) is 66.8 Å². The molecule has 1 amide bonds. The monoisotopic (exact) mass is 529 g/mol. The van der Waals surface area contributed by atoms with Crippen LogP contribution in [0.25, 0.3) is 5.76 Å². The van der Waals surface area contributed by atoms with Crippen LogP contribution in [0, 0.1) is 6.92 Å². The molecule has 1 fully saturated rings. The maximum absolute atomic E-state index is 13.5. The van der Waals surface area contributed by atoms with Gasteiger partial charge >= 0.3 is 6.18 Å². The molecular weight excluding hydrogens is 503 g/mol. The smallest absolute Gasteiger partial charge is 0.416 e. The van der Waals surface area contributed by atoms with Crippen LogP contribution >= 0.6 is 11.3 Å². The Hall–Kier alpha value is -3.59. The number of nitrogens with zero attached hydrogens (tertiary/aromatic N) is 1. The summed E-state index contributed by atoms with van der Waals surface area (Å²) in [6.45, 7) is 7.74. The third kappa shape index (κ3) is 4.75. The molecule has 0 bridgehead atoms. The summed E-state index contributed by atoms with van der Waals surface area (Å²) in [5.74, 6) is -2.17. The lowest BCUT2D eigenvalue weighted by Crippen LogP contribution is -2.29. The van der Waals surface area contributed by atoms with E-state index in [0.717, 1.165) is 28.2 Å². The van der Waals surface area contributed by atoms with Gasteiger partial charge in [0.25, 0.3) is 11.7 Å². The number of anilines is 1. The number of rotatable bonds is 4. The average Bonchev–Trinajstić information content (AvgIpc) is 3.37. The summed E-state index contributed by atoms with van der Waals surface area (Å²) in [6, 6.07) is 10.1. The lowest BCUT2D eigenvalue weighted by Gasteiger charge is -2.26. The molecule has 9 heteroatoms. The van der Waals surface area contributed by atoms with E-state index in [-0.39, 0.29) is 28.0 Å². The van der Waals surface area contributed by atoms with Crippen molar-refractivity contribution in [1.29, 1.82) is 0 Å². The zero-order chi connectivity index (χ0) is 27.3. The molecule has 0 aliphatic carbocycles. The molecule has 3 aromatic rings. The van der Waals surface area contributed by atoms with Crippen LogP contribution in [0.1, 0.15) is 53.9 Å². The number of aryl methyl sites for hydroxylation is 1. The lowest BCUT2D eigenvalue weighted by molar-refractivity contribution is -0.137. The van der Waals surface area contributed by atoms with Gasteiger partial charge in [0, 0.05) is 10.6 Å². The number of thiophene rings is 1. The Labute approximate surface area is 216 Å². The van der Waals surface area contributed by atoms with Crippen molar-refractivity contribution in [2.45, 2.75) is 45.3 Å². The predicted octanol–water partition coefficient (Wildman–Crippen LogP) is 7.01. The molecule has 0 saturated carbocycles. The molecule has 5 nitrogen and oxygen atoms in total. The van der Waals surface area contributed by atoms with Crippen LogP contribution in [0.2, 0.25) is 0 Å². The number of hydrogen-bond acceptors (Lipinski definition) is 5. The minimum Gasteiger partial charge on any atom is -0.507 e. The highest BCUT2D eigenvalue weighted by Crippen LogP contribution is 2.46. The molecule has 1 saturated heterocycles. The first-order valence-corrected chi connectivity index (χ1v) is 12.3. The minimum absolute atomic E-state index is 0.0933. The van der Waals surface area contributed by atoms with Crippen LogP contribution in [0.15, 0.2) is 59.5 Å². The fourth-order valence-corrected chi connectivity index (χ4v) is 5.37. The highest BCUT2D eigenvalue weighted by molar-refractivity contribution is 7.10. The summed E-state index contributed by atoms with van der Waals surface area (Å²) in [4.78, 5) is 28.3. The number of hydrogen-bond donors (Lipinski definition) is 1. The normalized spacial score (nSPS) is 17.9. The maximum atomic E-state index is 13.5. The first-order chi connectivity index (χ1) is 17.3. The third-order valence-corrected chi connectivity index (χ3v) is 7.44. The van der Waals surface area contributed by atoms with Crippen molar-refractivity contribution in [3.8, 4) is 5.75 Å². The summed E-state index contributed by atoms with van der Waals surface area (Å²) in [5.41, 5.74) is 0.252. The van der Waals surface area contributed by atoms with Gasteiger partial charge in [-0.2, -0.15) is 13.2 Å². The number of aliphatic hydroxyl groups is 1. The number of alkyl halides is 3. The quantitative estimate of drug-likeness (QED) is 0.224. The molecule has 1 aliphatic rings. The number of ether oxygens (including phenoxy) is 1. The Kier molecular flexibility index (Phi) is 6.71. The molecule has 194 valence electrons. The largest absolute Gasteiger partial charge is 0.507 e. The van der Waals surface area contributed by atoms with Gasteiger partial charge in [-0.25, -0.2) is 0 Å². The number of methoxy groups -OCH3 is 1. The van der Waals surface area contributed by atoms with E-state index in [2.05, 4.69) is 0 Å². The molecule has 0 radical (unpaired) electrons. The minimum atomic E-state index is -4.64. The molecule has 0 spiro atoms. The fourth-order valence-electron chi connectivity index (χ4n) is 4.35. The van der Waals surface area contributed by atoms with Crippen LogP contribution in [0.5, 0.6) is 5.75 Å². The molecule has 1 aliphatic heterocycles. The Morgan fingerprint density at radius 2 is 1.73 bits per heavy atom. The average molecular weight is 530 g/mol. The van der Waals surface area contributed by atoms with Crippen molar-refractivity contribution in [3.05, 3.63) is 86.6 Å². The van der Waals surface area contributed by atoms with Crippen molar-refractivity contribution in [3.63, 3.8) is 0 Å². The predicted molar refractivity (Wildman–Crippen MR) is 137 cm³/mol. The van der Waals surface area contributed by atoms with Gasteiger partial charge in [0.1, 0.15) is 17.6 Å². The Morgan fingerprint density at radius 3 is 2.30 bits per heavy atom. The SMILES string of the molecule is COc1ccc(C(C)(C)C)cc1/C(O)=C1\C(=O)C(=O)N(c2cccc(C(F)(F)F)c2)C1c1sccc1C. The van der Waals surface area contributed by atoms with E-state index in [1.54, 1.807) is 30.5 Å². The Balaban J connectivity index is 2.00. The number of amides is 1. The van der Waals surface area contributed by atoms with E-state index < -0.39 is 35.2 Å². The number of carbonyl (C=O) groups excluding carboxylic acids is 2. The summed E-state index contributed by atoms with van der Waals surface area (Å²) in [6.07, 6.45) is -4.64. The van der Waals surface area contributed by atoms with E-state index in [9.17, 15) is 27.9 Å². The molecule has 1 aromatic heterocycles. The van der Waals surface area contributed by atoms with E-state index in [0.29, 0.717) is 4.88 Å². The van der Waals surface area contributed by atoms with Crippen LogP contribution in [0.3, 0.4) is 0 Å². The van der Waals surface area contributed by atoms with Gasteiger partial charge < -0.3 is 9.84 Å². The highest BCUT2D eigenvalue weighted by Gasteiger charge is 2.48. The molecule has 4 rings (SSSR count). The van der Waals surface area contributed by atoms with Crippen molar-refractivity contribution < 1.29 is 32.6 Å². The standard InChI is InChI=1S/C28H26F3NO4S/c1-15-11-12-37-25(15)22-21(23(33)19-14-16(27(2,3)4)9-10-20(19)36-5)24(34)26(35)32(22)18-8-6-7-17(13-18)28(29,30)31/h6-14,22,33H,1-5H3/b23-21+. The van der Waals surface area contributed by atoms with E-state index in [1.165, 1.54) is 30.6 Å². The highest BCUT2D eigenvalue weighted by atomic mass is 32.1. The molecular formula is C28H26F3NO4S. The number of ketones is 1. The van der Waals surface area contributed by atoms with Gasteiger partial charge in [-0.05, 0) is 65.2 Å². The van der Waals surface area contributed by atoms with Gasteiger partial charge in [-0.1, -0.05) is 32.9 Å². The second kappa shape index (κ2) is 9.37. The van der Waals surface area contributed by atoms with Crippen LogP contribution in [0.4, 0.5) is 18.9 Å². The molecule has 37 heavy (non-hydrogen) atoms. The van der Waals surface area contributed by atoms with Crippen molar-refractivity contribution in [2.24, 2.45) is 0 Å². The number of Topliss-reactive ketones (excluding diaryl/α,β-unsaturated/α-hetero) is 1. The van der Waals surface area contributed by atoms with Crippen molar-refractivity contribution in [1.82, 2.24) is 0 Å². The van der Waals surface area contributed by atoms with E-state index >= 15 is 0 Å². The molecule has 2 heterocycles. The summed E-state index contributed by atoms with van der Waals surface area (Å²) in [5, 5.41) is 13.3. The fraction of sp³-hybridized carbons (Fsp3) is 0.286. The number of benzene rings is 2. The maximum Gasteiger partial charge on any atom is 0.416 e. The van der Waals surface area contributed by atoms with Crippen LogP contribution in [-0.4, -0.2) is 23.9 Å². The first kappa shape index (κ1) is 26.5. The molecule has 1 unspecified atom stereocenters. The summed E-state index contributed by atoms with van der Waals surface area (Å²) in [7, 11) is 1.42. The lowest BCUT2D eigenvalue weighted by atomic mass is 9.85. The number of carbonyl (C=O) groups is 2. The Bertz CT molecular complexity index is 1420. The third-order valence-electron chi connectivity index (χ3n) is 6.37. The van der Waals surface area contributed by atoms with Crippen LogP contribution in [-0.2, 0) is 21.2 Å². The second-order valence-electron chi connectivity index (χ2n) is 9.85. The first-order valence-electron chi connectivity index (χ1n) is 11.5. The van der Waals surface area contributed by atoms with Crippen molar-refractivity contribution in [2.75, 3.05) is 12.0 Å². The second-order valence-corrected chi connectivity index (χ2v) is 10.8. The Morgan fingerprint density at radius 1 is 1.03 bits per heavy atom. The molecule has 2 aromatic carbocycles. The van der Waals surface area contributed by atoms with Gasteiger partial charge in [0.05, 0.1) is 23.8 Å². The van der Waals surface area contributed by atoms with Gasteiger partial charge in [-0.15, -0.1) is 11.3 Å². The van der Waals surface area contributed by atoms with E-state index in [1.807, 2.05) is 26.8 Å². The number of aliphatic hydroxyl groups excluding tert-OH is 1. The molecule has 1 atom stereocenters. The van der Waals surface area contributed by atoms with Crippen LogP contribution < -0.4 is 9.64 Å². The van der Waals surface area contributed by atoms with Gasteiger partial charge in [0.2, 0.25) is 0 Å². The zero-order valence-corrected chi connectivity index (χ0v) is 21.8. The summed E-state index contributed by atoms with van der Waals surface area (Å²) < 4.78 is 45.9. The van der Waals surface area contributed by atoms with Gasteiger partial charge in [-0.3, -0.25) is 14.5 Å². The van der Waals surface area contributed by atoms with Gasteiger partial charge in [0.15, 0.2) is 0 Å². The van der Waals surface area contributed by atoms with Crippen molar-refractivity contribution >= 4 is 34.5 Å². The number of halogens is 3. The summed E-state index contributed by atoms with van der Waals surface area (Å²) >= 11 is 1.25.